The van der Waals surface area contributed by atoms with Crippen LogP contribution in [0.25, 0.3) is 0 Å². The van der Waals surface area contributed by atoms with Crippen LogP contribution in [0.1, 0.15) is 20.8 Å². The highest BCUT2D eigenvalue weighted by Crippen LogP contribution is 2.06. The molecule has 0 aromatic heterocycles. The van der Waals surface area contributed by atoms with Crippen molar-refractivity contribution in [2.75, 3.05) is 59.5 Å². The molecule has 0 aromatic rings. The first-order valence-corrected chi connectivity index (χ1v) is 8.73. The van der Waals surface area contributed by atoms with Crippen LogP contribution in [0.4, 0.5) is 0 Å². The standard InChI is InChI=1S/C12H28O7Si/c1-4-14-7-10-17-20(13,18-11-8-15-5-2)19-12-9-16-6-3/h13H,4-12H2,1-3H3. The van der Waals surface area contributed by atoms with Gasteiger partial charge in [0.05, 0.1) is 39.6 Å². The molecule has 0 rings (SSSR count). The molecule has 0 unspecified atom stereocenters. The summed E-state index contributed by atoms with van der Waals surface area (Å²) in [7, 11) is -3.64. The van der Waals surface area contributed by atoms with Gasteiger partial charge in [-0.15, -0.1) is 0 Å². The number of hydrogen-bond acceptors (Lipinski definition) is 7. The lowest BCUT2D eigenvalue weighted by Crippen LogP contribution is -2.48. The van der Waals surface area contributed by atoms with E-state index in [2.05, 4.69) is 0 Å². The predicted octanol–water partition coefficient (Wildman–Crippen LogP) is 0.574. The van der Waals surface area contributed by atoms with Crippen molar-refractivity contribution in [2.45, 2.75) is 20.8 Å². The largest absolute Gasteiger partial charge is 0.677 e. The van der Waals surface area contributed by atoms with Crippen LogP contribution in [0.2, 0.25) is 0 Å². The molecule has 0 aliphatic rings. The van der Waals surface area contributed by atoms with E-state index in [-0.39, 0.29) is 19.8 Å². The van der Waals surface area contributed by atoms with E-state index in [1.165, 1.54) is 0 Å². The van der Waals surface area contributed by atoms with Crippen LogP contribution in [-0.2, 0) is 27.5 Å². The summed E-state index contributed by atoms with van der Waals surface area (Å²) in [5.41, 5.74) is 0. The molecule has 20 heavy (non-hydrogen) atoms. The van der Waals surface area contributed by atoms with Crippen molar-refractivity contribution < 1.29 is 32.3 Å². The molecule has 8 heteroatoms. The fraction of sp³-hybridized carbons (Fsp3) is 1.00. The highest BCUT2D eigenvalue weighted by molar-refractivity contribution is 6.51. The van der Waals surface area contributed by atoms with Crippen LogP contribution >= 0.6 is 0 Å². The topological polar surface area (TPSA) is 75.6 Å². The summed E-state index contributed by atoms with van der Waals surface area (Å²) in [5, 5.41) is 0. The highest BCUT2D eigenvalue weighted by atomic mass is 28.4. The summed E-state index contributed by atoms with van der Waals surface area (Å²) in [5.74, 6) is 0. The van der Waals surface area contributed by atoms with Gasteiger partial charge in [-0.05, 0) is 20.8 Å². The van der Waals surface area contributed by atoms with Gasteiger partial charge in [-0.2, -0.15) is 0 Å². The Kier molecular flexibility index (Phi) is 13.9. The summed E-state index contributed by atoms with van der Waals surface area (Å²) in [4.78, 5) is 10.2. The molecule has 7 nitrogen and oxygen atoms in total. The maximum atomic E-state index is 10.2. The lowest BCUT2D eigenvalue weighted by molar-refractivity contribution is -0.0415. The molecule has 0 aliphatic heterocycles. The van der Waals surface area contributed by atoms with Gasteiger partial charge < -0.3 is 32.3 Å². The summed E-state index contributed by atoms with van der Waals surface area (Å²) in [6.45, 7) is 9.28. The Balaban J connectivity index is 3.98. The zero-order valence-corrected chi connectivity index (χ0v) is 13.8. The zero-order valence-electron chi connectivity index (χ0n) is 12.8. The number of hydrogen-bond donors (Lipinski definition) is 1. The molecular formula is C12H28O7Si. The Morgan fingerprint density at radius 1 is 0.600 bits per heavy atom. The third-order valence-electron chi connectivity index (χ3n) is 2.15. The Hall–Kier alpha value is -0.0631. The molecule has 0 aliphatic carbocycles. The molecule has 0 spiro atoms. The minimum Gasteiger partial charge on any atom is -0.379 e. The average molecular weight is 312 g/mol. The molecule has 0 saturated carbocycles. The third kappa shape index (κ3) is 11.7. The van der Waals surface area contributed by atoms with Gasteiger partial charge in [0.25, 0.3) is 0 Å². The fourth-order valence-corrected chi connectivity index (χ4v) is 2.52. The Labute approximate surface area is 122 Å². The quantitative estimate of drug-likeness (QED) is 0.350. The van der Waals surface area contributed by atoms with E-state index in [9.17, 15) is 4.80 Å². The van der Waals surface area contributed by atoms with E-state index in [0.29, 0.717) is 39.6 Å². The van der Waals surface area contributed by atoms with Gasteiger partial charge in [0.15, 0.2) is 0 Å². The highest BCUT2D eigenvalue weighted by Gasteiger charge is 2.41. The van der Waals surface area contributed by atoms with Crippen molar-refractivity contribution in [1.82, 2.24) is 0 Å². The van der Waals surface area contributed by atoms with E-state index in [1.54, 1.807) is 0 Å². The minimum absolute atomic E-state index is 0.222. The molecule has 0 atom stereocenters. The Bertz CT molecular complexity index is 175. The molecular weight excluding hydrogens is 284 g/mol. The SMILES string of the molecule is CCOCCO[Si](O)(OCCOCC)OCCOCC. The molecule has 0 fully saturated rings. The van der Waals surface area contributed by atoms with Gasteiger partial charge in [-0.1, -0.05) is 0 Å². The van der Waals surface area contributed by atoms with Crippen molar-refractivity contribution in [3.8, 4) is 0 Å². The molecule has 0 bridgehead atoms. The second kappa shape index (κ2) is 13.9. The normalized spacial score (nSPS) is 12.0. The lowest BCUT2D eigenvalue weighted by atomic mass is 10.8. The van der Waals surface area contributed by atoms with Crippen LogP contribution in [0.15, 0.2) is 0 Å². The number of ether oxygens (including phenoxy) is 3. The summed E-state index contributed by atoms with van der Waals surface area (Å²) >= 11 is 0. The zero-order chi connectivity index (χ0) is 15.1. The Morgan fingerprint density at radius 3 is 1.15 bits per heavy atom. The molecule has 1 N–H and O–H groups in total. The van der Waals surface area contributed by atoms with Gasteiger partial charge in [-0.3, -0.25) is 0 Å². The van der Waals surface area contributed by atoms with Crippen molar-refractivity contribution in [3.63, 3.8) is 0 Å². The van der Waals surface area contributed by atoms with Crippen LogP contribution in [0.3, 0.4) is 0 Å². The summed E-state index contributed by atoms with van der Waals surface area (Å²) in [6, 6.07) is 0. The van der Waals surface area contributed by atoms with Crippen LogP contribution in [-0.4, -0.2) is 73.3 Å². The van der Waals surface area contributed by atoms with E-state index in [4.69, 9.17) is 27.5 Å². The first-order valence-electron chi connectivity index (χ1n) is 7.06. The van der Waals surface area contributed by atoms with Crippen LogP contribution in [0, 0.1) is 0 Å². The van der Waals surface area contributed by atoms with E-state index in [0.717, 1.165) is 0 Å². The van der Waals surface area contributed by atoms with Gasteiger partial charge in [0.1, 0.15) is 0 Å². The van der Waals surface area contributed by atoms with Crippen molar-refractivity contribution in [2.24, 2.45) is 0 Å². The van der Waals surface area contributed by atoms with E-state index < -0.39 is 9.05 Å². The first-order chi connectivity index (χ1) is 9.68. The third-order valence-corrected chi connectivity index (χ3v) is 3.86. The summed E-state index contributed by atoms with van der Waals surface area (Å²) in [6.07, 6.45) is 0. The average Bonchev–Trinajstić information content (AvgIpc) is 2.45. The molecule has 0 amide bonds. The van der Waals surface area contributed by atoms with Gasteiger partial charge in [0, 0.05) is 19.8 Å². The molecule has 0 radical (unpaired) electrons. The van der Waals surface area contributed by atoms with Crippen LogP contribution < -0.4 is 0 Å². The minimum atomic E-state index is -3.64. The number of rotatable bonds is 15. The monoisotopic (exact) mass is 312 g/mol. The first kappa shape index (κ1) is 19.9. The fourth-order valence-electron chi connectivity index (χ4n) is 1.25. The second-order valence-corrected chi connectivity index (χ2v) is 5.57. The lowest BCUT2D eigenvalue weighted by Gasteiger charge is -2.23. The van der Waals surface area contributed by atoms with Gasteiger partial charge in [-0.25, -0.2) is 0 Å². The second-order valence-electron chi connectivity index (χ2n) is 3.66. The maximum Gasteiger partial charge on any atom is 0.677 e. The van der Waals surface area contributed by atoms with Crippen molar-refractivity contribution >= 4 is 9.05 Å². The maximum absolute atomic E-state index is 10.2. The molecule has 0 heterocycles. The van der Waals surface area contributed by atoms with E-state index >= 15 is 0 Å². The van der Waals surface area contributed by atoms with E-state index in [1.807, 2.05) is 20.8 Å². The molecule has 122 valence electrons. The summed E-state index contributed by atoms with van der Waals surface area (Å²) < 4.78 is 31.3. The van der Waals surface area contributed by atoms with Crippen LogP contribution in [0.5, 0.6) is 0 Å². The molecule has 0 saturated heterocycles. The molecule has 0 aromatic carbocycles. The van der Waals surface area contributed by atoms with Gasteiger partial charge in [0.2, 0.25) is 0 Å². The smallest absolute Gasteiger partial charge is 0.379 e. The van der Waals surface area contributed by atoms with Crippen molar-refractivity contribution in [3.05, 3.63) is 0 Å². The van der Waals surface area contributed by atoms with Gasteiger partial charge >= 0.3 is 9.05 Å². The van der Waals surface area contributed by atoms with Crippen molar-refractivity contribution in [1.29, 1.82) is 0 Å². The Morgan fingerprint density at radius 2 is 0.900 bits per heavy atom. The predicted molar refractivity (Wildman–Crippen MR) is 75.3 cm³/mol.